The average molecular weight is 386 g/mol. The Morgan fingerprint density at radius 3 is 2.25 bits per heavy atom. The molecule has 1 heterocycles. The predicted octanol–water partition coefficient (Wildman–Crippen LogP) is 1.16. The van der Waals surface area contributed by atoms with Gasteiger partial charge in [-0.25, -0.2) is 0 Å². The molecule has 2 N–H and O–H groups in total. The van der Waals surface area contributed by atoms with Crippen LogP contribution < -0.4 is 10.6 Å². The van der Waals surface area contributed by atoms with Gasteiger partial charge in [-0.05, 0) is 37.3 Å². The Hall–Kier alpha value is -2.41. The third-order valence-electron chi connectivity index (χ3n) is 5.70. The summed E-state index contributed by atoms with van der Waals surface area (Å²) in [6.07, 6.45) is 0.919. The van der Waals surface area contributed by atoms with Gasteiger partial charge in [-0.3, -0.25) is 19.3 Å². The van der Waals surface area contributed by atoms with Crippen LogP contribution in [0, 0.1) is 25.7 Å². The van der Waals surface area contributed by atoms with Crippen LogP contribution >= 0.6 is 0 Å². The molecule has 2 fully saturated rings. The van der Waals surface area contributed by atoms with E-state index in [0.717, 1.165) is 23.2 Å². The molecule has 3 amide bonds. The molecule has 1 saturated carbocycles. The Kier molecular flexibility index (Phi) is 6.34. The molecule has 0 radical (unpaired) electrons. The number of anilines is 1. The maximum atomic E-state index is 12.4. The molecule has 0 spiro atoms. The number of carbonyl (C=O) groups is 3. The molecule has 0 unspecified atom stereocenters. The minimum absolute atomic E-state index is 0.0114. The first-order chi connectivity index (χ1) is 13.3. The van der Waals surface area contributed by atoms with Crippen LogP contribution in [0.2, 0.25) is 0 Å². The summed E-state index contributed by atoms with van der Waals surface area (Å²) in [4.78, 5) is 40.3. The van der Waals surface area contributed by atoms with Crippen molar-refractivity contribution in [1.29, 1.82) is 0 Å². The van der Waals surface area contributed by atoms with Crippen LogP contribution in [0.1, 0.15) is 24.5 Å². The van der Waals surface area contributed by atoms with E-state index in [9.17, 15) is 14.4 Å². The Balaban J connectivity index is 1.39. The van der Waals surface area contributed by atoms with E-state index in [0.29, 0.717) is 38.6 Å². The van der Waals surface area contributed by atoms with Crippen molar-refractivity contribution < 1.29 is 14.4 Å². The van der Waals surface area contributed by atoms with Crippen LogP contribution in [-0.2, 0) is 14.4 Å². The monoisotopic (exact) mass is 386 g/mol. The molecule has 1 aromatic rings. The van der Waals surface area contributed by atoms with Crippen LogP contribution in [0.25, 0.3) is 0 Å². The maximum absolute atomic E-state index is 12.4. The Bertz CT molecular complexity index is 736. The minimum atomic E-state index is -0.0544. The Morgan fingerprint density at radius 1 is 1.07 bits per heavy atom. The molecule has 7 nitrogen and oxygen atoms in total. The fourth-order valence-electron chi connectivity index (χ4n) is 3.64. The third-order valence-corrected chi connectivity index (χ3v) is 5.70. The van der Waals surface area contributed by atoms with Crippen LogP contribution in [0.3, 0.4) is 0 Å². The van der Waals surface area contributed by atoms with Gasteiger partial charge in [0.2, 0.25) is 17.7 Å². The fraction of sp³-hybridized carbons (Fsp3) is 0.571. The molecular weight excluding hydrogens is 356 g/mol. The fourth-order valence-corrected chi connectivity index (χ4v) is 3.64. The first kappa shape index (κ1) is 20.3. The van der Waals surface area contributed by atoms with Crippen molar-refractivity contribution in [3.8, 4) is 0 Å². The number of hydrogen-bond donors (Lipinski definition) is 2. The molecule has 0 bridgehead atoms. The second kappa shape index (κ2) is 8.73. The number of amides is 3. The van der Waals surface area contributed by atoms with Gasteiger partial charge < -0.3 is 15.5 Å². The highest BCUT2D eigenvalue weighted by atomic mass is 16.2. The second-order valence-electron chi connectivity index (χ2n) is 8.01. The molecule has 2 atom stereocenters. The lowest BCUT2D eigenvalue weighted by Gasteiger charge is -2.34. The number of nitrogens with one attached hydrogen (secondary N) is 2. The number of para-hydroxylation sites is 1. The number of benzene rings is 1. The van der Waals surface area contributed by atoms with E-state index < -0.39 is 0 Å². The van der Waals surface area contributed by atoms with E-state index in [4.69, 9.17) is 0 Å². The molecule has 1 aromatic carbocycles. The van der Waals surface area contributed by atoms with E-state index in [1.54, 1.807) is 4.90 Å². The summed E-state index contributed by atoms with van der Waals surface area (Å²) in [6, 6.07) is 5.94. The molecule has 7 heteroatoms. The minimum Gasteiger partial charge on any atom is -0.347 e. The van der Waals surface area contributed by atoms with Gasteiger partial charge in [0.15, 0.2) is 0 Å². The zero-order valence-electron chi connectivity index (χ0n) is 17.0. The van der Waals surface area contributed by atoms with Crippen LogP contribution in [0.4, 0.5) is 5.69 Å². The van der Waals surface area contributed by atoms with Crippen LogP contribution in [0.5, 0.6) is 0 Å². The summed E-state index contributed by atoms with van der Waals surface area (Å²) >= 11 is 0. The Labute approximate surface area is 166 Å². The molecule has 1 aliphatic heterocycles. The first-order valence-electron chi connectivity index (χ1n) is 9.99. The molecule has 1 aliphatic carbocycles. The lowest BCUT2D eigenvalue weighted by Crippen LogP contribution is -2.52. The maximum Gasteiger partial charge on any atom is 0.242 e. The van der Waals surface area contributed by atoms with Crippen molar-refractivity contribution >= 4 is 23.4 Å². The number of nitrogens with zero attached hydrogens (tertiary/aromatic N) is 2. The second-order valence-corrected chi connectivity index (χ2v) is 8.01. The molecule has 1 saturated heterocycles. The molecule has 3 rings (SSSR count). The van der Waals surface area contributed by atoms with Gasteiger partial charge >= 0.3 is 0 Å². The van der Waals surface area contributed by atoms with Gasteiger partial charge in [-0.2, -0.15) is 0 Å². The lowest BCUT2D eigenvalue weighted by atomic mass is 10.1. The average Bonchev–Trinajstić information content (AvgIpc) is 3.40. The van der Waals surface area contributed by atoms with Crippen molar-refractivity contribution in [1.82, 2.24) is 15.1 Å². The first-order valence-corrected chi connectivity index (χ1v) is 9.99. The summed E-state index contributed by atoms with van der Waals surface area (Å²) in [5.41, 5.74) is 2.97. The Morgan fingerprint density at radius 2 is 1.68 bits per heavy atom. The highest BCUT2D eigenvalue weighted by Gasteiger charge is 2.39. The summed E-state index contributed by atoms with van der Waals surface area (Å²) < 4.78 is 0. The van der Waals surface area contributed by atoms with Crippen molar-refractivity contribution in [2.75, 3.05) is 44.6 Å². The predicted molar refractivity (Wildman–Crippen MR) is 108 cm³/mol. The van der Waals surface area contributed by atoms with E-state index in [2.05, 4.69) is 15.5 Å². The zero-order valence-corrected chi connectivity index (χ0v) is 17.0. The molecule has 28 heavy (non-hydrogen) atoms. The van der Waals surface area contributed by atoms with Gasteiger partial charge in [0.1, 0.15) is 0 Å². The third kappa shape index (κ3) is 5.10. The van der Waals surface area contributed by atoms with Crippen molar-refractivity contribution in [3.05, 3.63) is 29.3 Å². The van der Waals surface area contributed by atoms with Crippen molar-refractivity contribution in [2.24, 2.45) is 11.8 Å². The van der Waals surface area contributed by atoms with E-state index in [1.807, 2.05) is 39.0 Å². The van der Waals surface area contributed by atoms with E-state index >= 15 is 0 Å². The van der Waals surface area contributed by atoms with Gasteiger partial charge in [-0.1, -0.05) is 25.1 Å². The normalized spacial score (nSPS) is 21.9. The van der Waals surface area contributed by atoms with Gasteiger partial charge in [0, 0.05) is 37.8 Å². The van der Waals surface area contributed by atoms with Gasteiger partial charge in [0.25, 0.3) is 0 Å². The van der Waals surface area contributed by atoms with E-state index in [-0.39, 0.29) is 30.2 Å². The quantitative estimate of drug-likeness (QED) is 0.769. The smallest absolute Gasteiger partial charge is 0.242 e. The molecular formula is C21H30N4O3. The van der Waals surface area contributed by atoms with Crippen LogP contribution in [0.15, 0.2) is 18.2 Å². The van der Waals surface area contributed by atoms with E-state index in [1.165, 1.54) is 0 Å². The highest BCUT2D eigenvalue weighted by Crippen LogP contribution is 2.37. The van der Waals surface area contributed by atoms with Crippen molar-refractivity contribution in [2.45, 2.75) is 27.2 Å². The summed E-state index contributed by atoms with van der Waals surface area (Å²) in [5, 5.41) is 5.75. The SMILES string of the molecule is Cc1cccc(C)c1NC(=O)CN1CCN(C(=O)CNC(=O)[C@@H]2C[C@@H]2C)CC1. The summed E-state index contributed by atoms with van der Waals surface area (Å²) in [7, 11) is 0. The topological polar surface area (TPSA) is 81.8 Å². The highest BCUT2D eigenvalue weighted by molar-refractivity contribution is 5.93. The number of carbonyl (C=O) groups excluding carboxylic acids is 3. The standard InChI is InChI=1S/C21H30N4O3/c1-14-5-4-6-15(2)20(14)23-18(26)13-24-7-9-25(10-8-24)19(27)12-22-21(28)17-11-16(17)3/h4-6,16-17H,7-13H2,1-3H3,(H,22,28)(H,23,26)/t16-,17+/m0/s1. The molecule has 2 aliphatic rings. The number of rotatable bonds is 6. The number of aryl methyl sites for hydroxylation is 2. The summed E-state index contributed by atoms with van der Waals surface area (Å²) in [5.74, 6) is 0.417. The van der Waals surface area contributed by atoms with Crippen molar-refractivity contribution in [3.63, 3.8) is 0 Å². The van der Waals surface area contributed by atoms with Gasteiger partial charge in [0.05, 0.1) is 13.1 Å². The molecule has 0 aromatic heterocycles. The number of hydrogen-bond acceptors (Lipinski definition) is 4. The van der Waals surface area contributed by atoms with Crippen LogP contribution in [-0.4, -0.2) is 66.8 Å². The molecule has 152 valence electrons. The zero-order chi connectivity index (χ0) is 20.3. The lowest BCUT2D eigenvalue weighted by molar-refractivity contribution is -0.134. The largest absolute Gasteiger partial charge is 0.347 e. The number of piperazine rings is 1. The summed E-state index contributed by atoms with van der Waals surface area (Å²) in [6.45, 7) is 8.84. The van der Waals surface area contributed by atoms with Gasteiger partial charge in [-0.15, -0.1) is 0 Å².